The third kappa shape index (κ3) is 8.87. The smallest absolute Gasteiger partial charge is 0.409 e. The van der Waals surface area contributed by atoms with Gasteiger partial charge in [0.15, 0.2) is 19.7 Å². The first-order valence-electron chi connectivity index (χ1n) is 23.2. The minimum atomic E-state index is -4.79. The van der Waals surface area contributed by atoms with Gasteiger partial charge in [-0.2, -0.15) is 0 Å². The van der Waals surface area contributed by atoms with E-state index in [1.54, 1.807) is 53.4 Å². The number of piperidine rings is 1. The van der Waals surface area contributed by atoms with Crippen LogP contribution in [0.5, 0.6) is 0 Å². The average molecular weight is 1110 g/mol. The zero-order chi connectivity index (χ0) is 53.0. The highest BCUT2D eigenvalue weighted by atomic mass is 35.5. The summed E-state index contributed by atoms with van der Waals surface area (Å²) in [6.45, 7) is 0.793. The molecule has 5 aliphatic rings. The van der Waals surface area contributed by atoms with Crippen molar-refractivity contribution in [2.24, 2.45) is 17.4 Å². The summed E-state index contributed by atoms with van der Waals surface area (Å²) in [5.74, 6) is -5.71. The zero-order valence-corrected chi connectivity index (χ0v) is 42.4. The van der Waals surface area contributed by atoms with E-state index in [0.717, 1.165) is 34.1 Å². The van der Waals surface area contributed by atoms with Crippen LogP contribution in [0, 0.1) is 17.6 Å². The number of benzene rings is 4. The zero-order valence-electron chi connectivity index (χ0n) is 39.2. The maximum Gasteiger partial charge on any atom is 0.409 e. The van der Waals surface area contributed by atoms with Crippen molar-refractivity contribution in [2.75, 3.05) is 48.3 Å². The van der Waals surface area contributed by atoms with E-state index in [4.69, 9.17) is 48.2 Å². The molecule has 1 saturated carbocycles. The molecule has 3 unspecified atom stereocenters. The fourth-order valence-corrected chi connectivity index (χ4v) is 13.7. The molecule has 3 fully saturated rings. The Kier molecular flexibility index (Phi) is 12.4. The topological polar surface area (TPSA) is 289 Å². The second kappa shape index (κ2) is 18.4. The van der Waals surface area contributed by atoms with Crippen LogP contribution in [0.25, 0.3) is 22.9 Å². The molecule has 2 aromatic heterocycles. The van der Waals surface area contributed by atoms with E-state index in [9.17, 15) is 36.0 Å². The lowest BCUT2D eigenvalue weighted by Gasteiger charge is -2.36. The van der Waals surface area contributed by atoms with E-state index < -0.39 is 100 Å². The number of nitrogens with zero attached hydrogens (tertiary/aromatic N) is 8. The van der Waals surface area contributed by atoms with Crippen molar-refractivity contribution in [1.82, 2.24) is 30.2 Å². The number of likely N-dealkylation sites (tertiary alicyclic amines) is 2. The van der Waals surface area contributed by atoms with Crippen LogP contribution in [0.3, 0.4) is 0 Å². The fraction of sp³-hybridized carbons (Fsp3) is 0.333. The van der Waals surface area contributed by atoms with Crippen LogP contribution in [0.1, 0.15) is 42.2 Å². The summed E-state index contributed by atoms with van der Waals surface area (Å²) in [4.78, 5) is 57.5. The summed E-state index contributed by atoms with van der Waals surface area (Å²) in [5.41, 5.74) is 11.9. The van der Waals surface area contributed by atoms with Crippen molar-refractivity contribution in [2.45, 2.75) is 64.9 Å². The molecule has 6 aromatic rings. The maximum atomic E-state index is 16.4. The van der Waals surface area contributed by atoms with E-state index in [-0.39, 0.29) is 84.1 Å². The number of carbonyl (C=O) groups excluding carboxylic acids is 4. The third-order valence-corrected chi connectivity index (χ3v) is 18.8. The largest absolute Gasteiger partial charge is 0.448 e. The van der Waals surface area contributed by atoms with Crippen molar-refractivity contribution < 1.29 is 58.4 Å². The summed E-state index contributed by atoms with van der Waals surface area (Å²) in [6, 6.07) is 13.2. The third-order valence-electron chi connectivity index (χ3n) is 14.4. The number of hydrogen-bond acceptors (Lipinski definition) is 17. The van der Waals surface area contributed by atoms with Gasteiger partial charge in [0.25, 0.3) is 11.8 Å². The lowest BCUT2D eigenvalue weighted by atomic mass is 10.0. The molecular formula is C48H42Cl2F2N10O11S2. The number of rotatable bonds is 10. The Balaban J connectivity index is 0.815. The molecule has 4 amide bonds. The monoisotopic (exact) mass is 1110 g/mol. The molecule has 6 heterocycles. The lowest BCUT2D eigenvalue weighted by Crippen LogP contribution is -2.53. The first-order valence-corrected chi connectivity index (χ1v) is 27.2. The average Bonchev–Trinajstić information content (AvgIpc) is 3.74. The summed E-state index contributed by atoms with van der Waals surface area (Å²) in [6.07, 6.45) is -0.328. The number of nitrogens with two attached hydrogens (primary N) is 2. The summed E-state index contributed by atoms with van der Waals surface area (Å²) >= 11 is 12.2. The number of halogens is 4. The van der Waals surface area contributed by atoms with E-state index >= 15 is 8.78 Å². The number of amides is 4. The van der Waals surface area contributed by atoms with Gasteiger partial charge in [-0.05, 0) is 72.0 Å². The highest BCUT2D eigenvalue weighted by molar-refractivity contribution is 7.92. The van der Waals surface area contributed by atoms with Gasteiger partial charge in [-0.1, -0.05) is 47.5 Å². The van der Waals surface area contributed by atoms with Gasteiger partial charge >= 0.3 is 6.09 Å². The molecule has 4 N–H and O–H groups in total. The quantitative estimate of drug-likeness (QED) is 0.192. The second-order valence-electron chi connectivity index (χ2n) is 19.2. The van der Waals surface area contributed by atoms with Crippen molar-refractivity contribution in [3.8, 4) is 22.9 Å². The van der Waals surface area contributed by atoms with Gasteiger partial charge in [0.05, 0.1) is 68.5 Å². The van der Waals surface area contributed by atoms with Gasteiger partial charge in [0.2, 0.25) is 29.5 Å². The molecule has 5 atom stereocenters. The molecule has 21 nitrogen and oxygen atoms in total. The number of fused-ring (bicyclic) bond motifs is 3. The Morgan fingerprint density at radius 2 is 1.32 bits per heavy atom. The Hall–Kier alpha value is -6.90. The van der Waals surface area contributed by atoms with Crippen LogP contribution < -0.4 is 21.3 Å². The van der Waals surface area contributed by atoms with Crippen LogP contribution >= 0.6 is 23.2 Å². The standard InChI is InChI=1S/C48H42Cl2F2N10O11S2/c1-23(63)60-19-27-14-48(27,22-60)46-58-57-43(73-46)31-11-36-38(13-33(31)52)75(69,70)39(40(54)45(65)62(36)16-25-4-8-29(50)9-5-25)20-71-47(66)59-17-26(18-59)41-55-56-42(72-41)30-10-35-37(12-32(30)51)74(67,68)21-34(53)44(64)61(35)15-24-2-6-28(49)7-3-24/h2-13,26-27,34,39-40H,14-22,53-54H2,1H3/t27?,34-,39?,40-,48?/m0/s1. The lowest BCUT2D eigenvalue weighted by molar-refractivity contribution is -0.128. The molecule has 11 rings (SSSR count). The second-order valence-corrected chi connectivity index (χ2v) is 24.2. The van der Waals surface area contributed by atoms with Crippen LogP contribution in [-0.4, -0.2) is 127 Å². The first kappa shape index (κ1) is 50.3. The van der Waals surface area contributed by atoms with E-state index in [1.807, 2.05) is 0 Å². The highest BCUT2D eigenvalue weighted by Gasteiger charge is 2.65. The molecule has 0 spiro atoms. The number of sulfone groups is 2. The molecular weight excluding hydrogens is 1070 g/mol. The van der Waals surface area contributed by atoms with E-state index in [2.05, 4.69) is 20.4 Å². The SMILES string of the molecule is CC(=O)N1CC2CC2(c2nnc(-c3cc4c(cc3F)S(=O)(=O)C(COC(=O)N3CC(c5nnc(-c6cc7c(cc6F)S(=O)(=O)C[C@H](N)C(=O)N7Cc6ccc(Cl)cc6)o5)C3)[C@H](N)C(=O)N4Cc3ccc(Cl)cc3)o2)C1. The van der Waals surface area contributed by atoms with Crippen molar-refractivity contribution in [1.29, 1.82) is 0 Å². The number of ether oxygens (including phenoxy) is 1. The predicted molar refractivity (Wildman–Crippen MR) is 261 cm³/mol. The van der Waals surface area contributed by atoms with Crippen LogP contribution in [0.4, 0.5) is 25.0 Å². The summed E-state index contributed by atoms with van der Waals surface area (Å²) in [5, 5.41) is 15.2. The highest BCUT2D eigenvalue weighted by Crippen LogP contribution is 2.59. The Morgan fingerprint density at radius 3 is 1.92 bits per heavy atom. The number of anilines is 2. The van der Waals surface area contributed by atoms with Crippen molar-refractivity contribution in [3.05, 3.63) is 117 Å². The molecule has 4 aliphatic heterocycles. The van der Waals surface area contributed by atoms with Crippen LogP contribution in [0.15, 0.2) is 91.4 Å². The maximum absolute atomic E-state index is 16.4. The molecule has 27 heteroatoms. The molecule has 1 aliphatic carbocycles. The number of carbonyl (C=O) groups is 4. The molecule has 0 bridgehead atoms. The van der Waals surface area contributed by atoms with Gasteiger partial charge < -0.3 is 44.6 Å². The minimum Gasteiger partial charge on any atom is -0.448 e. The van der Waals surface area contributed by atoms with Gasteiger partial charge in [0, 0.05) is 43.1 Å². The fourth-order valence-electron chi connectivity index (χ4n) is 10.0. The van der Waals surface area contributed by atoms with Crippen molar-refractivity contribution >= 4 is 78.1 Å². The first-order chi connectivity index (χ1) is 35.6. The van der Waals surface area contributed by atoms with E-state index in [0.29, 0.717) is 40.7 Å². The van der Waals surface area contributed by atoms with Crippen LogP contribution in [-0.2, 0) is 57.3 Å². The van der Waals surface area contributed by atoms with Gasteiger partial charge in [-0.3, -0.25) is 14.4 Å². The summed E-state index contributed by atoms with van der Waals surface area (Å²) in [7, 11) is -9.05. The van der Waals surface area contributed by atoms with Gasteiger partial charge in [-0.25, -0.2) is 30.4 Å². The summed E-state index contributed by atoms with van der Waals surface area (Å²) < 4.78 is 106. The molecule has 390 valence electrons. The van der Waals surface area contributed by atoms with Crippen LogP contribution in [0.2, 0.25) is 10.0 Å². The molecule has 0 radical (unpaired) electrons. The van der Waals surface area contributed by atoms with Gasteiger partial charge in [-0.15, -0.1) is 20.4 Å². The van der Waals surface area contributed by atoms with E-state index in [1.165, 1.54) is 11.8 Å². The molecule has 75 heavy (non-hydrogen) atoms. The number of hydrogen-bond donors (Lipinski definition) is 2. The Bertz CT molecular complexity index is 3600. The Labute approximate surface area is 435 Å². The van der Waals surface area contributed by atoms with Gasteiger partial charge in [0.1, 0.15) is 29.5 Å². The predicted octanol–water partition coefficient (Wildman–Crippen LogP) is 4.39. The van der Waals surface area contributed by atoms with Crippen molar-refractivity contribution in [3.63, 3.8) is 0 Å². The molecule has 4 aromatic carbocycles. The normalized spacial score (nSPS) is 23.7. The number of aromatic nitrogens is 4. The Morgan fingerprint density at radius 1 is 0.760 bits per heavy atom. The molecule has 2 saturated heterocycles. The minimum absolute atomic E-state index is 0.0452.